The van der Waals surface area contributed by atoms with Crippen molar-refractivity contribution in [3.05, 3.63) is 71.0 Å². The monoisotopic (exact) mass is 280 g/mol. The van der Waals surface area contributed by atoms with E-state index < -0.39 is 29.3 Å². The molecule has 0 saturated heterocycles. The molecule has 0 spiro atoms. The van der Waals surface area contributed by atoms with Crippen molar-refractivity contribution in [2.24, 2.45) is 0 Å². The Bertz CT molecular complexity index is 624. The average Bonchev–Trinajstić information content (AvgIpc) is 2.41. The number of carbonyl (C=O) groups is 1. The summed E-state index contributed by atoms with van der Waals surface area (Å²) in [7, 11) is 0. The fraction of sp³-hybridized carbons (Fsp3) is 0.133. The van der Waals surface area contributed by atoms with Crippen molar-refractivity contribution in [2.75, 3.05) is 0 Å². The largest absolute Gasteiger partial charge is 0.481 e. The van der Waals surface area contributed by atoms with Gasteiger partial charge in [0.15, 0.2) is 11.6 Å². The molecule has 0 aliphatic heterocycles. The van der Waals surface area contributed by atoms with Crippen LogP contribution in [0.3, 0.4) is 0 Å². The van der Waals surface area contributed by atoms with Crippen LogP contribution in [-0.2, 0) is 11.2 Å². The van der Waals surface area contributed by atoms with Crippen LogP contribution < -0.4 is 0 Å². The number of benzene rings is 2. The molecule has 2 rings (SSSR count). The van der Waals surface area contributed by atoms with Crippen LogP contribution in [0.1, 0.15) is 17.0 Å². The minimum Gasteiger partial charge on any atom is -0.481 e. The van der Waals surface area contributed by atoms with Gasteiger partial charge < -0.3 is 5.11 Å². The van der Waals surface area contributed by atoms with Gasteiger partial charge in [0.05, 0.1) is 5.92 Å². The minimum atomic E-state index is -1.11. The Labute approximate surface area is 113 Å². The first-order valence-corrected chi connectivity index (χ1v) is 5.89. The van der Waals surface area contributed by atoms with E-state index in [2.05, 4.69) is 0 Å². The molecule has 2 nitrogen and oxygen atoms in total. The second-order valence-corrected chi connectivity index (χ2v) is 4.39. The number of hydrogen-bond acceptors (Lipinski definition) is 1. The maximum Gasteiger partial charge on any atom is 0.311 e. The molecule has 0 radical (unpaired) electrons. The van der Waals surface area contributed by atoms with Crippen LogP contribution in [0.15, 0.2) is 42.5 Å². The summed E-state index contributed by atoms with van der Waals surface area (Å²) in [5, 5.41) is 9.22. The van der Waals surface area contributed by atoms with Crippen LogP contribution in [0.5, 0.6) is 0 Å². The van der Waals surface area contributed by atoms with E-state index in [4.69, 9.17) is 0 Å². The number of carboxylic acids is 1. The quantitative estimate of drug-likeness (QED) is 0.930. The fourth-order valence-corrected chi connectivity index (χ4v) is 1.95. The summed E-state index contributed by atoms with van der Waals surface area (Å²) in [6.45, 7) is 0. The summed E-state index contributed by atoms with van der Waals surface area (Å²) in [5.41, 5.74) is 0.768. The van der Waals surface area contributed by atoms with Crippen LogP contribution in [-0.4, -0.2) is 11.1 Å². The Balaban J connectivity index is 2.27. The molecular weight excluding hydrogens is 269 g/mol. The van der Waals surface area contributed by atoms with Crippen LogP contribution in [0.25, 0.3) is 0 Å². The highest BCUT2D eigenvalue weighted by atomic mass is 19.2. The Morgan fingerprint density at radius 2 is 1.65 bits per heavy atom. The highest BCUT2D eigenvalue weighted by Gasteiger charge is 2.21. The normalized spacial score (nSPS) is 12.2. The smallest absolute Gasteiger partial charge is 0.311 e. The highest BCUT2D eigenvalue weighted by Crippen LogP contribution is 2.22. The van der Waals surface area contributed by atoms with Crippen molar-refractivity contribution in [3.8, 4) is 0 Å². The van der Waals surface area contributed by atoms with Gasteiger partial charge in [-0.15, -0.1) is 0 Å². The summed E-state index contributed by atoms with van der Waals surface area (Å²) in [5.74, 6) is -4.53. The van der Waals surface area contributed by atoms with Gasteiger partial charge in [0.25, 0.3) is 0 Å². The molecule has 2 aromatic rings. The lowest BCUT2D eigenvalue weighted by atomic mass is 9.92. The molecule has 0 heterocycles. The molecule has 1 unspecified atom stereocenters. The first-order valence-electron chi connectivity index (χ1n) is 5.89. The number of hydrogen-bond donors (Lipinski definition) is 1. The van der Waals surface area contributed by atoms with Gasteiger partial charge in [0.2, 0.25) is 0 Å². The number of rotatable bonds is 4. The van der Waals surface area contributed by atoms with Gasteiger partial charge in [-0.25, -0.2) is 13.2 Å². The second-order valence-electron chi connectivity index (χ2n) is 4.39. The van der Waals surface area contributed by atoms with Crippen molar-refractivity contribution in [3.63, 3.8) is 0 Å². The second kappa shape index (κ2) is 5.77. The highest BCUT2D eigenvalue weighted by molar-refractivity contribution is 5.76. The molecule has 20 heavy (non-hydrogen) atoms. The topological polar surface area (TPSA) is 37.3 Å². The zero-order valence-corrected chi connectivity index (χ0v) is 10.3. The number of aliphatic carboxylic acids is 1. The van der Waals surface area contributed by atoms with Gasteiger partial charge >= 0.3 is 5.97 Å². The van der Waals surface area contributed by atoms with Crippen molar-refractivity contribution in [1.82, 2.24) is 0 Å². The Hall–Kier alpha value is -2.30. The van der Waals surface area contributed by atoms with Gasteiger partial charge in [-0.2, -0.15) is 0 Å². The summed E-state index contributed by atoms with van der Waals surface area (Å²) in [4.78, 5) is 11.3. The molecule has 0 fully saturated rings. The van der Waals surface area contributed by atoms with Gasteiger partial charge in [-0.05, 0) is 41.8 Å². The third-order valence-corrected chi connectivity index (χ3v) is 2.99. The summed E-state index contributed by atoms with van der Waals surface area (Å²) < 4.78 is 38.8. The first kappa shape index (κ1) is 14.1. The molecule has 0 aromatic heterocycles. The molecule has 0 saturated carbocycles. The van der Waals surface area contributed by atoms with Gasteiger partial charge in [0.1, 0.15) is 5.82 Å². The predicted molar refractivity (Wildman–Crippen MR) is 66.8 cm³/mol. The minimum absolute atomic E-state index is 0.00182. The Morgan fingerprint density at radius 1 is 1.00 bits per heavy atom. The molecule has 0 bridgehead atoms. The van der Waals surface area contributed by atoms with E-state index in [1.165, 1.54) is 18.2 Å². The van der Waals surface area contributed by atoms with Gasteiger partial charge in [-0.1, -0.05) is 18.2 Å². The van der Waals surface area contributed by atoms with Crippen LogP contribution in [0, 0.1) is 17.5 Å². The van der Waals surface area contributed by atoms with Crippen molar-refractivity contribution >= 4 is 5.97 Å². The van der Waals surface area contributed by atoms with Crippen LogP contribution in [0.2, 0.25) is 0 Å². The van der Waals surface area contributed by atoms with Gasteiger partial charge in [-0.3, -0.25) is 4.79 Å². The molecule has 2 aromatic carbocycles. The van der Waals surface area contributed by atoms with Crippen LogP contribution in [0.4, 0.5) is 13.2 Å². The molecule has 1 atom stereocenters. The van der Waals surface area contributed by atoms with E-state index in [1.807, 2.05) is 0 Å². The lowest BCUT2D eigenvalue weighted by Gasteiger charge is -2.13. The molecule has 5 heteroatoms. The standard InChI is InChI=1S/C15H11F3O2/c16-11-4-2-10(3-5-11)12(15(19)20)7-9-1-6-13(17)14(18)8-9/h1-6,8,12H,7H2,(H,19,20). The molecule has 104 valence electrons. The first-order chi connectivity index (χ1) is 9.47. The van der Waals surface area contributed by atoms with Crippen molar-refractivity contribution in [1.29, 1.82) is 0 Å². The SMILES string of the molecule is O=C(O)C(Cc1ccc(F)c(F)c1)c1ccc(F)cc1. The number of halogens is 3. The Morgan fingerprint density at radius 3 is 2.20 bits per heavy atom. The fourth-order valence-electron chi connectivity index (χ4n) is 1.95. The van der Waals surface area contributed by atoms with E-state index in [-0.39, 0.29) is 6.42 Å². The summed E-state index contributed by atoms with van der Waals surface area (Å²) in [6.07, 6.45) is -0.00182. The molecular formula is C15H11F3O2. The predicted octanol–water partition coefficient (Wildman–Crippen LogP) is 3.51. The summed E-state index contributed by atoms with van der Waals surface area (Å²) >= 11 is 0. The molecule has 0 aliphatic rings. The zero-order valence-electron chi connectivity index (χ0n) is 10.3. The van der Waals surface area contributed by atoms with E-state index in [0.29, 0.717) is 11.1 Å². The average molecular weight is 280 g/mol. The van der Waals surface area contributed by atoms with Crippen LogP contribution >= 0.6 is 0 Å². The zero-order chi connectivity index (χ0) is 14.7. The number of carboxylic acid groups (broad SMARTS) is 1. The van der Waals surface area contributed by atoms with E-state index in [1.54, 1.807) is 0 Å². The third-order valence-electron chi connectivity index (χ3n) is 2.99. The lowest BCUT2D eigenvalue weighted by molar-refractivity contribution is -0.138. The lowest BCUT2D eigenvalue weighted by Crippen LogP contribution is -2.14. The van der Waals surface area contributed by atoms with E-state index >= 15 is 0 Å². The summed E-state index contributed by atoms with van der Waals surface area (Å²) in [6, 6.07) is 8.32. The van der Waals surface area contributed by atoms with Gasteiger partial charge in [0, 0.05) is 0 Å². The van der Waals surface area contributed by atoms with E-state index in [0.717, 1.165) is 24.3 Å². The van der Waals surface area contributed by atoms with Crippen molar-refractivity contribution in [2.45, 2.75) is 12.3 Å². The molecule has 0 aliphatic carbocycles. The third kappa shape index (κ3) is 3.17. The maximum absolute atomic E-state index is 13.1. The molecule has 0 amide bonds. The maximum atomic E-state index is 13.1. The van der Waals surface area contributed by atoms with Crippen molar-refractivity contribution < 1.29 is 23.1 Å². The van der Waals surface area contributed by atoms with E-state index in [9.17, 15) is 23.1 Å². The molecule has 1 N–H and O–H groups in total. The Kier molecular flexibility index (Phi) is 4.08.